The van der Waals surface area contributed by atoms with Crippen LogP contribution in [0.4, 0.5) is 5.69 Å². The predicted octanol–water partition coefficient (Wildman–Crippen LogP) is 2.26. The topological polar surface area (TPSA) is 78.0 Å². The molecule has 0 saturated heterocycles. The van der Waals surface area contributed by atoms with Crippen molar-refractivity contribution in [3.63, 3.8) is 0 Å². The molecule has 3 rings (SSSR count). The molecule has 1 aromatic carbocycles. The summed E-state index contributed by atoms with van der Waals surface area (Å²) >= 11 is 0. The van der Waals surface area contributed by atoms with E-state index >= 15 is 0 Å². The smallest absolute Gasteiger partial charge is 0.325 e. The Kier molecular flexibility index (Phi) is 5.03. The maximum atomic E-state index is 12.6. The number of anilines is 1. The lowest BCUT2D eigenvalue weighted by Crippen LogP contribution is -2.39. The monoisotopic (exact) mass is 368 g/mol. The summed E-state index contributed by atoms with van der Waals surface area (Å²) in [7, 11) is 0. The maximum absolute atomic E-state index is 12.6. The fraction of sp³-hybridized carbons (Fsp3) is 0.350. The van der Waals surface area contributed by atoms with E-state index in [9.17, 15) is 14.4 Å². The molecule has 7 nitrogen and oxygen atoms in total. The van der Waals surface area contributed by atoms with Gasteiger partial charge in [0, 0.05) is 25.0 Å². The Morgan fingerprint density at radius 3 is 2.33 bits per heavy atom. The molecule has 1 N–H and O–H groups in total. The first-order valence-electron chi connectivity index (χ1n) is 9.07. The number of carbonyl (C=O) groups excluding carboxylic acids is 1. The number of nitrogens with zero attached hydrogens (tertiary/aromatic N) is 3. The maximum Gasteiger partial charge on any atom is 0.332 e. The van der Waals surface area contributed by atoms with E-state index in [0.29, 0.717) is 24.1 Å². The lowest BCUT2D eigenvalue weighted by molar-refractivity contribution is -0.116. The van der Waals surface area contributed by atoms with Crippen molar-refractivity contribution in [2.75, 3.05) is 5.32 Å². The van der Waals surface area contributed by atoms with Gasteiger partial charge in [0.25, 0.3) is 5.56 Å². The summed E-state index contributed by atoms with van der Waals surface area (Å²) in [6.45, 7) is 8.36. The predicted molar refractivity (Wildman–Crippen MR) is 106 cm³/mol. The molecule has 0 unspecified atom stereocenters. The Morgan fingerprint density at radius 1 is 1.00 bits per heavy atom. The first-order valence-corrected chi connectivity index (χ1v) is 9.07. The van der Waals surface area contributed by atoms with Crippen molar-refractivity contribution in [3.8, 4) is 0 Å². The molecule has 0 aliphatic heterocycles. The highest BCUT2D eigenvalue weighted by Gasteiger charge is 2.16. The molecule has 142 valence electrons. The van der Waals surface area contributed by atoms with Gasteiger partial charge in [-0.1, -0.05) is 6.07 Å². The summed E-state index contributed by atoms with van der Waals surface area (Å²) < 4.78 is 4.40. The highest BCUT2D eigenvalue weighted by molar-refractivity contribution is 5.91. The van der Waals surface area contributed by atoms with E-state index in [0.717, 1.165) is 16.8 Å². The summed E-state index contributed by atoms with van der Waals surface area (Å²) in [5.74, 6) is -0.217. The van der Waals surface area contributed by atoms with Crippen LogP contribution in [0, 0.1) is 13.8 Å². The van der Waals surface area contributed by atoms with E-state index in [1.165, 1.54) is 9.13 Å². The van der Waals surface area contributed by atoms with E-state index in [4.69, 9.17) is 0 Å². The normalized spacial score (nSPS) is 11.1. The average Bonchev–Trinajstić information content (AvgIpc) is 3.03. The number of fused-ring (bicyclic) bond motifs is 1. The Labute approximate surface area is 156 Å². The van der Waals surface area contributed by atoms with Gasteiger partial charge < -0.3 is 9.88 Å². The molecule has 0 spiro atoms. The van der Waals surface area contributed by atoms with Gasteiger partial charge in [-0.15, -0.1) is 0 Å². The van der Waals surface area contributed by atoms with Crippen LogP contribution in [0.2, 0.25) is 0 Å². The molecule has 7 heteroatoms. The number of hydrogen-bond acceptors (Lipinski definition) is 3. The zero-order valence-electron chi connectivity index (χ0n) is 16.1. The number of rotatable bonds is 5. The second-order valence-electron chi connectivity index (χ2n) is 6.60. The van der Waals surface area contributed by atoms with Crippen LogP contribution in [0.15, 0.2) is 40.1 Å². The van der Waals surface area contributed by atoms with Gasteiger partial charge in [0.1, 0.15) is 12.2 Å². The van der Waals surface area contributed by atoms with E-state index in [1.807, 2.05) is 39.0 Å². The van der Waals surface area contributed by atoms with Gasteiger partial charge in [-0.2, -0.15) is 0 Å². The molecule has 0 aliphatic rings. The number of nitrogens with one attached hydrogen (secondary N) is 1. The molecule has 27 heavy (non-hydrogen) atoms. The van der Waals surface area contributed by atoms with Gasteiger partial charge in [0.05, 0.1) is 5.39 Å². The molecule has 1 amide bonds. The van der Waals surface area contributed by atoms with Crippen LogP contribution < -0.4 is 16.6 Å². The molecule has 0 atom stereocenters. The SMILES string of the molecule is CCn1c(=O)c2ccn(CC(=O)Nc3ccc(C)c(C)c3)c2n(CC)c1=O. The Hall–Kier alpha value is -3.09. The van der Waals surface area contributed by atoms with Gasteiger partial charge in [-0.3, -0.25) is 18.7 Å². The quantitative estimate of drug-likeness (QED) is 0.750. The number of benzene rings is 1. The number of amides is 1. The summed E-state index contributed by atoms with van der Waals surface area (Å²) in [6, 6.07) is 7.40. The van der Waals surface area contributed by atoms with Gasteiger partial charge in [-0.25, -0.2) is 4.79 Å². The zero-order valence-corrected chi connectivity index (χ0v) is 16.1. The number of carbonyl (C=O) groups is 1. The van der Waals surface area contributed by atoms with Crippen molar-refractivity contribution in [2.24, 2.45) is 0 Å². The van der Waals surface area contributed by atoms with Crippen molar-refractivity contribution >= 4 is 22.6 Å². The van der Waals surface area contributed by atoms with Crippen LogP contribution in [-0.2, 0) is 24.4 Å². The van der Waals surface area contributed by atoms with Gasteiger partial charge in [0.2, 0.25) is 5.91 Å². The van der Waals surface area contributed by atoms with Gasteiger partial charge >= 0.3 is 5.69 Å². The Balaban J connectivity index is 1.98. The second-order valence-corrected chi connectivity index (χ2v) is 6.60. The highest BCUT2D eigenvalue weighted by Crippen LogP contribution is 2.15. The van der Waals surface area contributed by atoms with Crippen LogP contribution in [0.5, 0.6) is 0 Å². The van der Waals surface area contributed by atoms with E-state index < -0.39 is 0 Å². The lowest BCUT2D eigenvalue weighted by Gasteiger charge is -2.13. The van der Waals surface area contributed by atoms with Crippen molar-refractivity contribution < 1.29 is 4.79 Å². The van der Waals surface area contributed by atoms with Crippen LogP contribution in [0.3, 0.4) is 0 Å². The molecule has 0 radical (unpaired) electrons. The second kappa shape index (κ2) is 7.26. The fourth-order valence-electron chi connectivity index (χ4n) is 3.27. The van der Waals surface area contributed by atoms with Crippen LogP contribution >= 0.6 is 0 Å². The molecular formula is C20H24N4O3. The standard InChI is InChI=1S/C20H24N4O3/c1-5-23-18-16(19(26)24(6-2)20(23)27)9-10-22(18)12-17(25)21-15-8-7-13(3)14(4)11-15/h7-11H,5-6,12H2,1-4H3,(H,21,25). The number of aryl methyl sites for hydroxylation is 3. The first kappa shape index (κ1) is 18.7. The first-order chi connectivity index (χ1) is 12.9. The van der Waals surface area contributed by atoms with Gasteiger partial charge in [-0.05, 0) is 57.0 Å². The minimum Gasteiger partial charge on any atom is -0.325 e. The lowest BCUT2D eigenvalue weighted by atomic mass is 10.1. The van der Waals surface area contributed by atoms with E-state index in [-0.39, 0.29) is 23.7 Å². The summed E-state index contributed by atoms with van der Waals surface area (Å²) in [5, 5.41) is 3.31. The van der Waals surface area contributed by atoms with Crippen molar-refractivity contribution in [1.82, 2.24) is 13.7 Å². The molecule has 0 saturated carbocycles. The minimum absolute atomic E-state index is 0.0193. The number of aromatic nitrogens is 3. The van der Waals surface area contributed by atoms with E-state index in [2.05, 4.69) is 5.32 Å². The van der Waals surface area contributed by atoms with Crippen LogP contribution in [0.1, 0.15) is 25.0 Å². The zero-order chi connectivity index (χ0) is 19.7. The third-order valence-electron chi connectivity index (χ3n) is 4.86. The minimum atomic E-state index is -0.355. The van der Waals surface area contributed by atoms with Crippen molar-refractivity contribution in [1.29, 1.82) is 0 Å². The third kappa shape index (κ3) is 3.32. The summed E-state index contributed by atoms with van der Waals surface area (Å²) in [6.07, 6.45) is 1.68. The molecule has 0 fully saturated rings. The van der Waals surface area contributed by atoms with Gasteiger partial charge in [0.15, 0.2) is 0 Å². The van der Waals surface area contributed by atoms with Crippen molar-refractivity contribution in [2.45, 2.75) is 47.3 Å². The third-order valence-corrected chi connectivity index (χ3v) is 4.86. The molecule has 0 bridgehead atoms. The highest BCUT2D eigenvalue weighted by atomic mass is 16.2. The Bertz CT molecular complexity index is 1130. The molecule has 3 aromatic rings. The Morgan fingerprint density at radius 2 is 1.70 bits per heavy atom. The van der Waals surface area contributed by atoms with Crippen LogP contribution in [0.25, 0.3) is 11.0 Å². The fourth-order valence-corrected chi connectivity index (χ4v) is 3.27. The molecular weight excluding hydrogens is 344 g/mol. The average molecular weight is 368 g/mol. The molecule has 2 aromatic heterocycles. The van der Waals surface area contributed by atoms with Crippen molar-refractivity contribution in [3.05, 3.63) is 62.4 Å². The number of hydrogen-bond donors (Lipinski definition) is 1. The molecule has 0 aliphatic carbocycles. The van der Waals surface area contributed by atoms with E-state index in [1.54, 1.807) is 23.8 Å². The van der Waals surface area contributed by atoms with Crippen LogP contribution in [-0.4, -0.2) is 19.6 Å². The summed E-state index contributed by atoms with van der Waals surface area (Å²) in [4.78, 5) is 37.6. The largest absolute Gasteiger partial charge is 0.332 e. The summed E-state index contributed by atoms with van der Waals surface area (Å²) in [5.41, 5.74) is 2.78. The molecule has 2 heterocycles.